The first-order valence-corrected chi connectivity index (χ1v) is 10.0. The predicted molar refractivity (Wildman–Crippen MR) is 119 cm³/mol. The van der Waals surface area contributed by atoms with Gasteiger partial charge in [0, 0.05) is 0 Å². The number of carbonyl (C=O) groups is 1. The molecular formula is C25H25FN2O3. The Balaban J connectivity index is 1.59. The van der Waals surface area contributed by atoms with E-state index in [9.17, 15) is 9.18 Å². The maximum Gasteiger partial charge on any atom is 0.244 e. The fraction of sp³-hybridized carbons (Fsp3) is 0.200. The largest absolute Gasteiger partial charge is 0.490 e. The molecule has 5 nitrogen and oxygen atoms in total. The van der Waals surface area contributed by atoms with Crippen LogP contribution in [0.25, 0.3) is 0 Å². The molecule has 31 heavy (non-hydrogen) atoms. The van der Waals surface area contributed by atoms with Gasteiger partial charge in [0.2, 0.25) is 5.91 Å². The highest BCUT2D eigenvalue weighted by Gasteiger charge is 2.07. The van der Waals surface area contributed by atoms with Crippen molar-refractivity contribution < 1.29 is 18.7 Å². The molecule has 160 valence electrons. The number of nitrogens with zero attached hydrogens (tertiary/aromatic N) is 1. The molecule has 0 atom stereocenters. The van der Waals surface area contributed by atoms with Gasteiger partial charge in [0.25, 0.3) is 0 Å². The molecule has 6 heteroatoms. The molecule has 1 amide bonds. The molecule has 0 aliphatic carbocycles. The molecule has 0 unspecified atom stereocenters. The van der Waals surface area contributed by atoms with Gasteiger partial charge >= 0.3 is 0 Å². The second-order valence-electron chi connectivity index (χ2n) is 7.01. The molecule has 0 bridgehead atoms. The van der Waals surface area contributed by atoms with Crippen LogP contribution >= 0.6 is 0 Å². The van der Waals surface area contributed by atoms with E-state index in [4.69, 9.17) is 9.47 Å². The normalized spacial score (nSPS) is 10.8. The second-order valence-corrected chi connectivity index (χ2v) is 7.01. The molecule has 0 aromatic heterocycles. The van der Waals surface area contributed by atoms with Crippen molar-refractivity contribution in [1.82, 2.24) is 5.43 Å². The Morgan fingerprint density at radius 2 is 1.68 bits per heavy atom. The van der Waals surface area contributed by atoms with Crippen LogP contribution in [-0.4, -0.2) is 18.7 Å². The van der Waals surface area contributed by atoms with Crippen LogP contribution in [0.2, 0.25) is 0 Å². The molecule has 3 aromatic carbocycles. The zero-order chi connectivity index (χ0) is 22.1. The van der Waals surface area contributed by atoms with Crippen LogP contribution in [0.1, 0.15) is 29.2 Å². The summed E-state index contributed by atoms with van der Waals surface area (Å²) in [5, 5.41) is 3.99. The van der Waals surface area contributed by atoms with Crippen molar-refractivity contribution in [3.05, 3.63) is 94.8 Å². The Kier molecular flexibility index (Phi) is 7.76. The molecule has 0 saturated carbocycles. The first-order chi connectivity index (χ1) is 15.0. The summed E-state index contributed by atoms with van der Waals surface area (Å²) in [4.78, 5) is 12.0. The number of rotatable bonds is 9. The Morgan fingerprint density at radius 1 is 0.968 bits per heavy atom. The highest BCUT2D eigenvalue weighted by Crippen LogP contribution is 2.29. The van der Waals surface area contributed by atoms with Gasteiger partial charge in [-0.15, -0.1) is 0 Å². The number of nitrogens with one attached hydrogen (secondary N) is 1. The van der Waals surface area contributed by atoms with Crippen molar-refractivity contribution in [3.63, 3.8) is 0 Å². The van der Waals surface area contributed by atoms with E-state index in [0.717, 1.165) is 11.1 Å². The van der Waals surface area contributed by atoms with Crippen molar-refractivity contribution in [2.24, 2.45) is 5.10 Å². The Labute approximate surface area is 181 Å². The van der Waals surface area contributed by atoms with E-state index in [1.54, 1.807) is 12.1 Å². The van der Waals surface area contributed by atoms with E-state index in [2.05, 4.69) is 10.5 Å². The predicted octanol–water partition coefficient (Wildman–Crippen LogP) is 4.80. The maximum atomic E-state index is 12.9. The lowest BCUT2D eigenvalue weighted by Gasteiger charge is -2.12. The van der Waals surface area contributed by atoms with Crippen LogP contribution in [0.3, 0.4) is 0 Å². The number of hydrogen-bond donors (Lipinski definition) is 1. The number of ether oxygens (including phenoxy) is 2. The fourth-order valence-corrected chi connectivity index (χ4v) is 2.84. The van der Waals surface area contributed by atoms with Crippen LogP contribution in [0.5, 0.6) is 11.5 Å². The Morgan fingerprint density at radius 3 is 2.39 bits per heavy atom. The quantitative estimate of drug-likeness (QED) is 0.399. The lowest BCUT2D eigenvalue weighted by Crippen LogP contribution is -2.19. The molecule has 3 rings (SSSR count). The van der Waals surface area contributed by atoms with Gasteiger partial charge in [0.05, 0.1) is 19.2 Å². The molecule has 0 heterocycles. The van der Waals surface area contributed by atoms with Gasteiger partial charge in [-0.1, -0.05) is 42.0 Å². The minimum Gasteiger partial charge on any atom is -0.490 e. The first-order valence-electron chi connectivity index (χ1n) is 10.0. The molecule has 0 radical (unpaired) electrons. The van der Waals surface area contributed by atoms with Crippen LogP contribution in [0.15, 0.2) is 71.8 Å². The Hall–Kier alpha value is -3.67. The van der Waals surface area contributed by atoms with Crippen LogP contribution in [-0.2, 0) is 17.8 Å². The molecule has 3 aromatic rings. The van der Waals surface area contributed by atoms with Crippen molar-refractivity contribution in [3.8, 4) is 11.5 Å². The fourth-order valence-electron chi connectivity index (χ4n) is 2.84. The maximum absolute atomic E-state index is 12.9. The molecule has 0 aliphatic heterocycles. The molecule has 0 fully saturated rings. The highest BCUT2D eigenvalue weighted by atomic mass is 19.1. The molecule has 0 saturated heterocycles. The average Bonchev–Trinajstić information content (AvgIpc) is 2.76. The van der Waals surface area contributed by atoms with Gasteiger partial charge in [0.1, 0.15) is 12.4 Å². The minimum atomic E-state index is -0.335. The summed E-state index contributed by atoms with van der Waals surface area (Å²) in [5.41, 5.74) is 6.22. The van der Waals surface area contributed by atoms with Crippen molar-refractivity contribution in [1.29, 1.82) is 0 Å². The number of amides is 1. The smallest absolute Gasteiger partial charge is 0.244 e. The van der Waals surface area contributed by atoms with E-state index in [-0.39, 0.29) is 18.1 Å². The second kappa shape index (κ2) is 10.9. The van der Waals surface area contributed by atoms with Crippen molar-refractivity contribution in [2.45, 2.75) is 26.9 Å². The Bertz CT molecular complexity index is 1030. The van der Waals surface area contributed by atoms with Crippen LogP contribution in [0, 0.1) is 12.7 Å². The van der Waals surface area contributed by atoms with Gasteiger partial charge in [-0.2, -0.15) is 5.10 Å². The van der Waals surface area contributed by atoms with Gasteiger partial charge in [-0.05, 0) is 60.9 Å². The monoisotopic (exact) mass is 420 g/mol. The lowest BCUT2D eigenvalue weighted by atomic mass is 10.1. The van der Waals surface area contributed by atoms with Crippen LogP contribution < -0.4 is 14.9 Å². The molecule has 1 N–H and O–H groups in total. The van der Waals surface area contributed by atoms with Crippen LogP contribution in [0.4, 0.5) is 4.39 Å². The standard InChI is InChI=1S/C25H25FN2O3/c1-3-30-24-14-21(10-13-23(24)31-17-20-6-4-18(2)5-7-20)16-27-28-25(29)15-19-8-11-22(26)12-9-19/h4-14,16H,3,15,17H2,1-2H3,(H,28,29)/b27-16+. The zero-order valence-corrected chi connectivity index (χ0v) is 17.6. The van der Waals surface area contributed by atoms with E-state index in [1.165, 1.54) is 23.9 Å². The number of hydrogen-bond acceptors (Lipinski definition) is 4. The molecule has 0 aliphatic rings. The number of carbonyl (C=O) groups excluding carboxylic acids is 1. The summed E-state index contributed by atoms with van der Waals surface area (Å²) in [6.07, 6.45) is 1.66. The summed E-state index contributed by atoms with van der Waals surface area (Å²) in [6, 6.07) is 19.4. The highest BCUT2D eigenvalue weighted by molar-refractivity contribution is 5.84. The van der Waals surface area contributed by atoms with Gasteiger partial charge < -0.3 is 9.47 Å². The summed E-state index contributed by atoms with van der Waals surface area (Å²) in [6.45, 7) is 4.88. The molecule has 0 spiro atoms. The minimum absolute atomic E-state index is 0.119. The van der Waals surface area contributed by atoms with E-state index >= 15 is 0 Å². The lowest BCUT2D eigenvalue weighted by molar-refractivity contribution is -0.120. The van der Waals surface area contributed by atoms with Gasteiger partial charge in [-0.3, -0.25) is 4.79 Å². The third kappa shape index (κ3) is 6.96. The SMILES string of the molecule is CCOc1cc(/C=N/NC(=O)Cc2ccc(F)cc2)ccc1OCc1ccc(C)cc1. The van der Waals surface area contributed by atoms with Crippen molar-refractivity contribution >= 4 is 12.1 Å². The summed E-state index contributed by atoms with van der Waals surface area (Å²) < 4.78 is 24.6. The summed E-state index contributed by atoms with van der Waals surface area (Å²) in [5.74, 6) is 0.626. The van der Waals surface area contributed by atoms with E-state index in [1.807, 2.05) is 56.3 Å². The molecular weight excluding hydrogens is 395 g/mol. The topological polar surface area (TPSA) is 59.9 Å². The first kappa shape index (κ1) is 22.0. The van der Waals surface area contributed by atoms with E-state index in [0.29, 0.717) is 30.3 Å². The summed E-state index contributed by atoms with van der Waals surface area (Å²) >= 11 is 0. The van der Waals surface area contributed by atoms with Gasteiger partial charge in [0.15, 0.2) is 11.5 Å². The number of benzene rings is 3. The van der Waals surface area contributed by atoms with E-state index < -0.39 is 0 Å². The number of hydrazone groups is 1. The number of aryl methyl sites for hydroxylation is 1. The number of halogens is 1. The van der Waals surface area contributed by atoms with Crippen molar-refractivity contribution in [2.75, 3.05) is 6.61 Å². The zero-order valence-electron chi connectivity index (χ0n) is 17.6. The van der Waals surface area contributed by atoms with Gasteiger partial charge in [-0.25, -0.2) is 9.82 Å². The third-order valence-electron chi connectivity index (χ3n) is 4.46. The third-order valence-corrected chi connectivity index (χ3v) is 4.46. The average molecular weight is 420 g/mol. The summed E-state index contributed by atoms with van der Waals surface area (Å²) in [7, 11) is 0.